The van der Waals surface area contributed by atoms with Crippen molar-refractivity contribution in [1.29, 1.82) is 0 Å². The maximum Gasteiger partial charge on any atom is 0.229 e. The van der Waals surface area contributed by atoms with Crippen LogP contribution >= 0.6 is 0 Å². The third-order valence-corrected chi connectivity index (χ3v) is 4.67. The van der Waals surface area contributed by atoms with Gasteiger partial charge in [0.25, 0.3) is 0 Å². The highest BCUT2D eigenvalue weighted by atomic mass is 16.7. The predicted octanol–water partition coefficient (Wildman–Crippen LogP) is 0.173. The van der Waals surface area contributed by atoms with Crippen LogP contribution in [0.5, 0.6) is 17.2 Å². The Bertz CT molecular complexity index is 907. The number of hydrogen-bond donors (Lipinski definition) is 6. The zero-order chi connectivity index (χ0) is 21.8. The van der Waals surface area contributed by atoms with Gasteiger partial charge in [-0.3, -0.25) is 4.79 Å². The van der Waals surface area contributed by atoms with Crippen LogP contribution in [0.15, 0.2) is 48.5 Å². The molecule has 2 aromatic carbocycles. The minimum atomic E-state index is -1.55. The van der Waals surface area contributed by atoms with Gasteiger partial charge in [-0.1, -0.05) is 0 Å². The SMILES string of the molecule is O=C(/C=C/c1ccc(O)cc1O)c1ccc(O[C@@H]2O[C@H](CO)[C@@H](O)[C@H](O)[C@H]2O)cc1. The lowest BCUT2D eigenvalue weighted by Crippen LogP contribution is -2.60. The summed E-state index contributed by atoms with van der Waals surface area (Å²) >= 11 is 0. The summed E-state index contributed by atoms with van der Waals surface area (Å²) in [6.45, 7) is -0.568. The van der Waals surface area contributed by atoms with E-state index in [1.807, 2.05) is 0 Å². The molecular weight excluding hydrogens is 396 g/mol. The average Bonchev–Trinajstić information content (AvgIpc) is 2.73. The Kier molecular flexibility index (Phi) is 6.70. The molecule has 9 heteroatoms. The second-order valence-electron chi connectivity index (χ2n) is 6.78. The lowest BCUT2D eigenvalue weighted by Gasteiger charge is -2.39. The number of phenolic OH excluding ortho intramolecular Hbond substituents is 2. The first-order chi connectivity index (χ1) is 14.3. The third-order valence-electron chi connectivity index (χ3n) is 4.67. The molecule has 0 aromatic heterocycles. The minimum Gasteiger partial charge on any atom is -0.508 e. The molecule has 0 radical (unpaired) electrons. The molecule has 1 aliphatic rings. The van der Waals surface area contributed by atoms with Crippen LogP contribution in [-0.2, 0) is 4.74 Å². The molecule has 0 spiro atoms. The second-order valence-corrected chi connectivity index (χ2v) is 6.78. The molecular formula is C21H22O9. The molecule has 6 N–H and O–H groups in total. The molecule has 0 saturated carbocycles. The normalized spacial score (nSPS) is 26.6. The number of aliphatic hydroxyl groups excluding tert-OH is 4. The van der Waals surface area contributed by atoms with Gasteiger partial charge in [0, 0.05) is 17.2 Å². The van der Waals surface area contributed by atoms with Gasteiger partial charge in [0.15, 0.2) is 5.78 Å². The van der Waals surface area contributed by atoms with E-state index in [2.05, 4.69) is 0 Å². The van der Waals surface area contributed by atoms with Crippen LogP contribution in [0.1, 0.15) is 15.9 Å². The molecule has 5 atom stereocenters. The Hall–Kier alpha value is -2.95. The van der Waals surface area contributed by atoms with Crippen molar-refractivity contribution in [2.45, 2.75) is 30.7 Å². The Morgan fingerprint density at radius 2 is 1.70 bits per heavy atom. The third kappa shape index (κ3) is 4.78. The highest BCUT2D eigenvalue weighted by molar-refractivity contribution is 6.07. The number of carbonyl (C=O) groups is 1. The van der Waals surface area contributed by atoms with Gasteiger partial charge in [-0.05, 0) is 48.6 Å². The smallest absolute Gasteiger partial charge is 0.229 e. The summed E-state index contributed by atoms with van der Waals surface area (Å²) in [7, 11) is 0. The Morgan fingerprint density at radius 1 is 1.00 bits per heavy atom. The van der Waals surface area contributed by atoms with Crippen LogP contribution in [0.25, 0.3) is 6.08 Å². The summed E-state index contributed by atoms with van der Waals surface area (Å²) < 4.78 is 10.7. The van der Waals surface area contributed by atoms with Crippen molar-refractivity contribution >= 4 is 11.9 Å². The largest absolute Gasteiger partial charge is 0.508 e. The summed E-state index contributed by atoms with van der Waals surface area (Å²) in [5.74, 6) is -0.369. The van der Waals surface area contributed by atoms with Crippen molar-refractivity contribution in [2.24, 2.45) is 0 Å². The summed E-state index contributed by atoms with van der Waals surface area (Å²) in [5, 5.41) is 57.8. The molecule has 1 heterocycles. The quantitative estimate of drug-likeness (QED) is 0.284. The Labute approximate surface area is 171 Å². The maximum atomic E-state index is 12.3. The molecule has 0 bridgehead atoms. The van der Waals surface area contributed by atoms with E-state index in [0.717, 1.165) is 6.07 Å². The van der Waals surface area contributed by atoms with Crippen molar-refractivity contribution in [3.63, 3.8) is 0 Å². The van der Waals surface area contributed by atoms with E-state index in [9.17, 15) is 35.4 Å². The highest BCUT2D eigenvalue weighted by Gasteiger charge is 2.44. The van der Waals surface area contributed by atoms with E-state index in [0.29, 0.717) is 11.1 Å². The summed E-state index contributed by atoms with van der Waals surface area (Å²) in [4.78, 5) is 12.3. The van der Waals surface area contributed by atoms with E-state index in [1.165, 1.54) is 48.6 Å². The van der Waals surface area contributed by atoms with E-state index >= 15 is 0 Å². The fraction of sp³-hybridized carbons (Fsp3) is 0.286. The number of carbonyl (C=O) groups excluding carboxylic acids is 1. The number of phenols is 2. The molecule has 1 aliphatic heterocycles. The number of hydrogen-bond acceptors (Lipinski definition) is 9. The average molecular weight is 418 g/mol. The number of benzene rings is 2. The van der Waals surface area contributed by atoms with Crippen LogP contribution in [0, 0.1) is 0 Å². The Balaban J connectivity index is 1.65. The molecule has 0 amide bonds. The van der Waals surface area contributed by atoms with Crippen LogP contribution in [0.4, 0.5) is 0 Å². The van der Waals surface area contributed by atoms with Crippen LogP contribution in [0.3, 0.4) is 0 Å². The summed E-state index contributed by atoms with van der Waals surface area (Å²) in [6, 6.07) is 9.88. The maximum absolute atomic E-state index is 12.3. The van der Waals surface area contributed by atoms with Gasteiger partial charge < -0.3 is 40.1 Å². The molecule has 0 unspecified atom stereocenters. The fourth-order valence-corrected chi connectivity index (χ4v) is 2.93. The lowest BCUT2D eigenvalue weighted by atomic mass is 9.99. The van der Waals surface area contributed by atoms with Gasteiger partial charge in [-0.2, -0.15) is 0 Å². The molecule has 3 rings (SSSR count). The van der Waals surface area contributed by atoms with Gasteiger partial charge in [-0.25, -0.2) is 0 Å². The van der Waals surface area contributed by atoms with Crippen LogP contribution in [0.2, 0.25) is 0 Å². The second kappa shape index (κ2) is 9.24. The predicted molar refractivity (Wildman–Crippen MR) is 104 cm³/mol. The first-order valence-corrected chi connectivity index (χ1v) is 9.12. The lowest BCUT2D eigenvalue weighted by molar-refractivity contribution is -0.277. The van der Waals surface area contributed by atoms with Crippen LogP contribution in [-0.4, -0.2) is 73.7 Å². The van der Waals surface area contributed by atoms with E-state index in [1.54, 1.807) is 0 Å². The molecule has 2 aromatic rings. The van der Waals surface area contributed by atoms with E-state index in [-0.39, 0.29) is 23.0 Å². The number of rotatable bonds is 6. The van der Waals surface area contributed by atoms with Gasteiger partial charge in [0.05, 0.1) is 6.61 Å². The summed E-state index contributed by atoms with van der Waals surface area (Å²) in [5.41, 5.74) is 0.689. The zero-order valence-electron chi connectivity index (χ0n) is 15.7. The number of aromatic hydroxyl groups is 2. The van der Waals surface area contributed by atoms with Crippen molar-refractivity contribution in [1.82, 2.24) is 0 Å². The summed E-state index contributed by atoms with van der Waals surface area (Å²) in [6.07, 6.45) is -4.30. The minimum absolute atomic E-state index is 0.0917. The molecule has 160 valence electrons. The molecule has 9 nitrogen and oxygen atoms in total. The van der Waals surface area contributed by atoms with Crippen molar-refractivity contribution in [3.05, 3.63) is 59.7 Å². The Morgan fingerprint density at radius 3 is 2.33 bits per heavy atom. The number of aliphatic hydroxyl groups is 4. The molecule has 1 saturated heterocycles. The van der Waals surface area contributed by atoms with Gasteiger partial charge in [0.2, 0.25) is 6.29 Å². The number of allylic oxidation sites excluding steroid dienone is 1. The van der Waals surface area contributed by atoms with E-state index in [4.69, 9.17) is 9.47 Å². The van der Waals surface area contributed by atoms with Gasteiger partial charge in [-0.15, -0.1) is 0 Å². The topological polar surface area (TPSA) is 157 Å². The number of ketones is 1. The first kappa shape index (κ1) is 21.8. The zero-order valence-corrected chi connectivity index (χ0v) is 15.7. The van der Waals surface area contributed by atoms with Crippen molar-refractivity contribution in [3.8, 4) is 17.2 Å². The highest BCUT2D eigenvalue weighted by Crippen LogP contribution is 2.26. The standard InChI is InChI=1S/C21H22O9/c22-10-17-18(26)19(27)20(28)21(30-17)29-14-6-2-11(3-7-14)15(24)8-4-12-1-5-13(23)9-16(12)25/h1-9,17-23,25-28H,10H2/b8-4+/t17-,18-,19+,20-,21-/m1/s1. The van der Waals surface area contributed by atoms with E-state index < -0.39 is 37.3 Å². The molecule has 1 fully saturated rings. The number of ether oxygens (including phenoxy) is 2. The van der Waals surface area contributed by atoms with Gasteiger partial charge >= 0.3 is 0 Å². The first-order valence-electron chi connectivity index (χ1n) is 9.12. The molecule has 30 heavy (non-hydrogen) atoms. The fourth-order valence-electron chi connectivity index (χ4n) is 2.93. The molecule has 0 aliphatic carbocycles. The van der Waals surface area contributed by atoms with Gasteiger partial charge in [0.1, 0.15) is 41.7 Å². The van der Waals surface area contributed by atoms with Crippen molar-refractivity contribution in [2.75, 3.05) is 6.61 Å². The monoisotopic (exact) mass is 418 g/mol. The van der Waals surface area contributed by atoms with Crippen molar-refractivity contribution < 1.29 is 44.9 Å². The van der Waals surface area contributed by atoms with Crippen LogP contribution < -0.4 is 4.74 Å².